The molecule has 0 saturated heterocycles. The fraction of sp³-hybridized carbons (Fsp3) is 0.448. The van der Waals surface area contributed by atoms with E-state index in [-0.39, 0.29) is 25.4 Å². The van der Waals surface area contributed by atoms with Crippen LogP contribution in [0.15, 0.2) is 42.5 Å². The molecule has 0 radical (unpaired) electrons. The fourth-order valence-corrected chi connectivity index (χ4v) is 4.61. The number of carbonyl (C=O) groups excluding carboxylic acids is 2. The molecule has 0 amide bonds. The van der Waals surface area contributed by atoms with E-state index in [9.17, 15) is 24.1 Å². The minimum absolute atomic E-state index is 0.0210. The maximum Gasteiger partial charge on any atom is 0.338 e. The van der Waals surface area contributed by atoms with Gasteiger partial charge in [-0.2, -0.15) is 0 Å². The summed E-state index contributed by atoms with van der Waals surface area (Å²) in [6.07, 6.45) is 4.88. The van der Waals surface area contributed by atoms with Crippen molar-refractivity contribution in [1.29, 1.82) is 0 Å². The topological polar surface area (TPSA) is 123 Å². The zero-order valence-corrected chi connectivity index (χ0v) is 23.4. The second-order valence-corrected chi connectivity index (χ2v) is 9.68. The molecule has 0 spiro atoms. The lowest BCUT2D eigenvalue weighted by molar-refractivity contribution is -0.384. The van der Waals surface area contributed by atoms with Gasteiger partial charge in [-0.05, 0) is 69.8 Å². The predicted molar refractivity (Wildman–Crippen MR) is 150 cm³/mol. The molecule has 1 heterocycles. The monoisotopic (exact) mass is 556 g/mol. The average Bonchev–Trinajstić information content (AvgIpc) is 3.35. The van der Waals surface area contributed by atoms with Crippen molar-refractivity contribution in [3.8, 4) is 0 Å². The van der Waals surface area contributed by atoms with Gasteiger partial charge in [0, 0.05) is 17.8 Å². The Balaban J connectivity index is 2.05. The van der Waals surface area contributed by atoms with Gasteiger partial charge >= 0.3 is 11.9 Å². The Labute approximate surface area is 233 Å². The molecule has 2 aromatic rings. The van der Waals surface area contributed by atoms with Gasteiger partial charge in [-0.25, -0.2) is 14.0 Å². The number of ether oxygens (including phenoxy) is 2. The number of hydrogen-bond donors (Lipinski definition) is 2. The molecule has 11 heteroatoms. The quantitative estimate of drug-likeness (QED) is 0.145. The largest absolute Gasteiger partial charge is 0.464 e. The molecule has 0 saturated carbocycles. The first kappa shape index (κ1) is 30.6. The van der Waals surface area contributed by atoms with E-state index in [0.29, 0.717) is 17.8 Å². The third-order valence-corrected chi connectivity index (χ3v) is 6.59. The van der Waals surface area contributed by atoms with Crippen LogP contribution in [0, 0.1) is 15.9 Å². The normalized spacial score (nSPS) is 16.3. The summed E-state index contributed by atoms with van der Waals surface area (Å²) in [7, 11) is 2.01. The fourth-order valence-electron chi connectivity index (χ4n) is 4.61. The SMILES string of the molecule is CCCCCN(C)Cc1cc(C(=O)OCC)ccc1C1=CC(Nc2ccc(F)cc2[N+](=O)[O-])(C(=O)OCC)CN1. The summed E-state index contributed by atoms with van der Waals surface area (Å²) >= 11 is 0. The number of halogens is 1. The number of nitrogens with one attached hydrogen (secondary N) is 2. The van der Waals surface area contributed by atoms with Crippen LogP contribution in [0.3, 0.4) is 0 Å². The number of unbranched alkanes of at least 4 members (excludes halogenated alkanes) is 2. The van der Waals surface area contributed by atoms with E-state index in [1.807, 2.05) is 7.05 Å². The van der Waals surface area contributed by atoms with E-state index >= 15 is 0 Å². The van der Waals surface area contributed by atoms with Gasteiger partial charge in [0.15, 0.2) is 5.54 Å². The Morgan fingerprint density at radius 3 is 2.55 bits per heavy atom. The zero-order chi connectivity index (χ0) is 29.3. The number of nitrogens with zero attached hydrogens (tertiary/aromatic N) is 2. The third-order valence-electron chi connectivity index (χ3n) is 6.59. The Kier molecular flexibility index (Phi) is 10.6. The van der Waals surface area contributed by atoms with Crippen LogP contribution in [-0.2, 0) is 20.8 Å². The lowest BCUT2D eigenvalue weighted by Gasteiger charge is -2.26. The van der Waals surface area contributed by atoms with Crippen molar-refractivity contribution in [2.45, 2.75) is 52.1 Å². The van der Waals surface area contributed by atoms with E-state index in [1.165, 1.54) is 6.07 Å². The Morgan fingerprint density at radius 2 is 1.88 bits per heavy atom. The van der Waals surface area contributed by atoms with E-state index in [4.69, 9.17) is 9.47 Å². The molecule has 216 valence electrons. The average molecular weight is 557 g/mol. The smallest absolute Gasteiger partial charge is 0.338 e. The number of benzene rings is 2. The summed E-state index contributed by atoms with van der Waals surface area (Å²) in [5.74, 6) is -1.83. The van der Waals surface area contributed by atoms with Crippen molar-refractivity contribution < 1.29 is 28.4 Å². The van der Waals surface area contributed by atoms with E-state index < -0.39 is 33.9 Å². The van der Waals surface area contributed by atoms with Crippen molar-refractivity contribution in [1.82, 2.24) is 10.2 Å². The van der Waals surface area contributed by atoms with Crippen LogP contribution in [0.5, 0.6) is 0 Å². The van der Waals surface area contributed by atoms with Gasteiger partial charge < -0.3 is 25.0 Å². The molecular formula is C29H37FN4O6. The highest BCUT2D eigenvalue weighted by Gasteiger charge is 2.44. The van der Waals surface area contributed by atoms with E-state index in [1.54, 1.807) is 38.1 Å². The van der Waals surface area contributed by atoms with Crippen LogP contribution in [0.1, 0.15) is 61.5 Å². The second-order valence-electron chi connectivity index (χ2n) is 9.68. The number of hydrogen-bond acceptors (Lipinski definition) is 9. The van der Waals surface area contributed by atoms with Crippen LogP contribution in [0.25, 0.3) is 5.70 Å². The maximum atomic E-state index is 13.8. The molecule has 40 heavy (non-hydrogen) atoms. The van der Waals surface area contributed by atoms with E-state index in [2.05, 4.69) is 22.5 Å². The molecule has 2 N–H and O–H groups in total. The molecule has 0 bridgehead atoms. The second kappa shape index (κ2) is 13.9. The molecule has 10 nitrogen and oxygen atoms in total. The molecule has 0 fully saturated rings. The third kappa shape index (κ3) is 7.35. The minimum Gasteiger partial charge on any atom is -0.464 e. The maximum absolute atomic E-state index is 13.8. The minimum atomic E-state index is -1.50. The zero-order valence-electron chi connectivity index (χ0n) is 23.4. The Morgan fingerprint density at radius 1 is 1.12 bits per heavy atom. The first-order chi connectivity index (χ1) is 19.1. The molecule has 0 aromatic heterocycles. The van der Waals surface area contributed by atoms with Gasteiger partial charge in [-0.15, -0.1) is 0 Å². The van der Waals surface area contributed by atoms with Crippen LogP contribution in [-0.4, -0.2) is 60.7 Å². The van der Waals surface area contributed by atoms with Gasteiger partial charge in [0.1, 0.15) is 11.5 Å². The highest BCUT2D eigenvalue weighted by atomic mass is 19.1. The molecule has 1 unspecified atom stereocenters. The van der Waals surface area contributed by atoms with Gasteiger partial charge in [-0.1, -0.05) is 25.8 Å². The van der Waals surface area contributed by atoms with Gasteiger partial charge in [-0.3, -0.25) is 10.1 Å². The number of rotatable bonds is 14. The first-order valence-corrected chi connectivity index (χ1v) is 13.5. The number of anilines is 1. The van der Waals surface area contributed by atoms with Crippen LogP contribution >= 0.6 is 0 Å². The lowest BCUT2D eigenvalue weighted by atomic mass is 9.96. The van der Waals surface area contributed by atoms with Gasteiger partial charge in [0.2, 0.25) is 0 Å². The van der Waals surface area contributed by atoms with E-state index in [0.717, 1.165) is 49.1 Å². The highest BCUT2D eigenvalue weighted by molar-refractivity contribution is 5.94. The summed E-state index contributed by atoms with van der Waals surface area (Å²) in [5, 5.41) is 17.8. The summed E-state index contributed by atoms with van der Waals surface area (Å²) in [5.41, 5.74) is 0.590. The predicted octanol–water partition coefficient (Wildman–Crippen LogP) is 4.89. The number of carbonyl (C=O) groups is 2. The lowest BCUT2D eigenvalue weighted by Crippen LogP contribution is -2.49. The van der Waals surface area contributed by atoms with Crippen LogP contribution < -0.4 is 10.6 Å². The summed E-state index contributed by atoms with van der Waals surface area (Å²) in [6, 6.07) is 8.36. The molecule has 2 aromatic carbocycles. The van der Waals surface area contributed by atoms with Crippen molar-refractivity contribution in [2.24, 2.45) is 0 Å². The first-order valence-electron chi connectivity index (χ1n) is 13.5. The Bertz CT molecular complexity index is 1270. The highest BCUT2D eigenvalue weighted by Crippen LogP contribution is 2.34. The number of nitro groups is 1. The van der Waals surface area contributed by atoms with Crippen molar-refractivity contribution in [3.63, 3.8) is 0 Å². The standard InChI is InChI=1S/C29H37FN4O6/c1-5-8-9-14-33(4)18-21-15-20(27(35)39-6-2)10-12-23(21)25-17-29(19-31-25,28(36)40-7-3)32-24-13-11-22(30)16-26(24)34(37)38/h10-13,15-17,31-32H,5-9,14,18-19H2,1-4H3. The number of esters is 2. The van der Waals surface area contributed by atoms with Gasteiger partial charge in [0.25, 0.3) is 5.69 Å². The van der Waals surface area contributed by atoms with Crippen molar-refractivity contribution in [3.05, 3.63) is 75.1 Å². The van der Waals surface area contributed by atoms with Crippen molar-refractivity contribution >= 4 is 29.0 Å². The molecule has 1 atom stereocenters. The molecule has 1 aliphatic heterocycles. The van der Waals surface area contributed by atoms with Crippen LogP contribution in [0.2, 0.25) is 0 Å². The van der Waals surface area contributed by atoms with Crippen LogP contribution in [0.4, 0.5) is 15.8 Å². The van der Waals surface area contributed by atoms with Gasteiger partial charge in [0.05, 0.1) is 36.3 Å². The summed E-state index contributed by atoms with van der Waals surface area (Å²) in [4.78, 5) is 38.8. The molecule has 3 rings (SSSR count). The molecular weight excluding hydrogens is 519 g/mol. The van der Waals surface area contributed by atoms with Crippen molar-refractivity contribution in [2.75, 3.05) is 38.7 Å². The Hall–Kier alpha value is -3.99. The molecule has 0 aliphatic carbocycles. The summed E-state index contributed by atoms with van der Waals surface area (Å²) in [6.45, 7) is 7.34. The molecule has 1 aliphatic rings. The number of nitro benzene ring substituents is 1. The summed E-state index contributed by atoms with van der Waals surface area (Å²) < 4.78 is 24.3.